The van der Waals surface area contributed by atoms with Crippen LogP contribution >= 0.6 is 0 Å². The fraction of sp³-hybridized carbons (Fsp3) is 0.500. The molecule has 2 nitrogen and oxygen atoms in total. The molecule has 88 valence electrons. The van der Waals surface area contributed by atoms with Crippen molar-refractivity contribution in [2.45, 2.75) is 44.9 Å². The molecule has 1 heterocycles. The van der Waals surface area contributed by atoms with Crippen LogP contribution < -0.4 is 5.32 Å². The van der Waals surface area contributed by atoms with Gasteiger partial charge in [0.05, 0.1) is 0 Å². The van der Waals surface area contributed by atoms with E-state index in [2.05, 4.69) is 5.32 Å². The fourth-order valence-corrected chi connectivity index (χ4v) is 1.71. The minimum Gasteiger partial charge on any atom is -0.368 e. The van der Waals surface area contributed by atoms with Gasteiger partial charge in [-0.25, -0.2) is 0 Å². The first kappa shape index (κ1) is 12.8. The minimum absolute atomic E-state index is 0.481. The molecule has 0 unspecified atom stereocenters. The van der Waals surface area contributed by atoms with E-state index in [0.29, 0.717) is 5.78 Å². The number of carbonyl (C=O) groups is 1. The van der Waals surface area contributed by atoms with Crippen molar-refractivity contribution in [2.24, 2.45) is 0 Å². The van der Waals surface area contributed by atoms with Crippen LogP contribution in [-0.2, 0) is 4.79 Å². The standard InChI is InChI=1S/C8H14O.C6H7N/c9-8-6-4-2-1-3-5-7-8;1-2-4-6-7-5-3-1/h1-7H2;1-7H. The number of Topliss-reactive ketones (excluding diaryl/α,β-unsaturated/α-hetero) is 1. The highest BCUT2D eigenvalue weighted by atomic mass is 16.1. The normalized spacial score (nSPS) is 19.9. The summed E-state index contributed by atoms with van der Waals surface area (Å²) in [5, 5.41) is 2.92. The smallest absolute Gasteiger partial charge is 0.132 e. The van der Waals surface area contributed by atoms with E-state index < -0.39 is 0 Å². The van der Waals surface area contributed by atoms with E-state index in [-0.39, 0.29) is 0 Å². The first-order valence-corrected chi connectivity index (χ1v) is 6.16. The Balaban J connectivity index is 0.000000165. The van der Waals surface area contributed by atoms with Crippen molar-refractivity contribution >= 4 is 5.78 Å². The Labute approximate surface area is 98.1 Å². The molecule has 0 saturated heterocycles. The lowest BCUT2D eigenvalue weighted by Crippen LogP contribution is -2.00. The highest BCUT2D eigenvalue weighted by Gasteiger charge is 2.04. The number of rotatable bonds is 0. The van der Waals surface area contributed by atoms with Gasteiger partial charge in [0, 0.05) is 25.2 Å². The summed E-state index contributed by atoms with van der Waals surface area (Å²) in [5.41, 5.74) is 0. The van der Waals surface area contributed by atoms with E-state index in [1.165, 1.54) is 19.3 Å². The van der Waals surface area contributed by atoms with Crippen LogP contribution in [0.25, 0.3) is 0 Å². The molecular weight excluding hydrogens is 198 g/mol. The second-order valence-corrected chi connectivity index (χ2v) is 4.08. The van der Waals surface area contributed by atoms with E-state index in [4.69, 9.17) is 0 Å². The van der Waals surface area contributed by atoms with Gasteiger partial charge in [0.15, 0.2) is 0 Å². The van der Waals surface area contributed by atoms with E-state index in [1.54, 1.807) is 0 Å². The average molecular weight is 219 g/mol. The molecule has 0 aromatic rings. The monoisotopic (exact) mass is 219 g/mol. The van der Waals surface area contributed by atoms with Crippen LogP contribution in [0.5, 0.6) is 0 Å². The van der Waals surface area contributed by atoms with Crippen molar-refractivity contribution in [1.82, 2.24) is 5.32 Å². The molecule has 16 heavy (non-hydrogen) atoms. The second-order valence-electron chi connectivity index (χ2n) is 4.08. The van der Waals surface area contributed by atoms with Crippen molar-refractivity contribution in [3.63, 3.8) is 0 Å². The first-order chi connectivity index (χ1) is 7.89. The molecule has 2 rings (SSSR count). The number of carbonyl (C=O) groups excluding carboxylic acids is 1. The molecule has 1 fully saturated rings. The van der Waals surface area contributed by atoms with Gasteiger partial charge in [0.25, 0.3) is 0 Å². The molecule has 0 spiro atoms. The topological polar surface area (TPSA) is 29.1 Å². The Bertz CT molecular complexity index is 252. The van der Waals surface area contributed by atoms with E-state index in [0.717, 1.165) is 25.7 Å². The van der Waals surface area contributed by atoms with Crippen molar-refractivity contribution in [3.8, 4) is 0 Å². The van der Waals surface area contributed by atoms with Crippen LogP contribution in [0, 0.1) is 0 Å². The lowest BCUT2D eigenvalue weighted by atomic mass is 10.0. The molecule has 1 aliphatic heterocycles. The Hall–Kier alpha value is -1.31. The lowest BCUT2D eigenvalue weighted by molar-refractivity contribution is -0.119. The second kappa shape index (κ2) is 8.96. The molecule has 2 aliphatic rings. The maximum Gasteiger partial charge on any atom is 0.132 e. The van der Waals surface area contributed by atoms with Crippen LogP contribution in [0.15, 0.2) is 36.7 Å². The molecule has 0 radical (unpaired) electrons. The van der Waals surface area contributed by atoms with Crippen LogP contribution in [0.4, 0.5) is 0 Å². The molecule has 0 aromatic carbocycles. The molecule has 0 atom stereocenters. The lowest BCUT2D eigenvalue weighted by Gasteiger charge is -2.05. The predicted molar refractivity (Wildman–Crippen MR) is 67.9 cm³/mol. The summed E-state index contributed by atoms with van der Waals surface area (Å²) in [4.78, 5) is 10.8. The summed E-state index contributed by atoms with van der Waals surface area (Å²) < 4.78 is 0. The van der Waals surface area contributed by atoms with E-state index in [9.17, 15) is 4.79 Å². The molecule has 0 bridgehead atoms. The van der Waals surface area contributed by atoms with Gasteiger partial charge in [-0.3, -0.25) is 4.79 Å². The third-order valence-electron chi connectivity index (χ3n) is 2.63. The van der Waals surface area contributed by atoms with Crippen molar-refractivity contribution < 1.29 is 4.79 Å². The summed E-state index contributed by atoms with van der Waals surface area (Å²) in [5.74, 6) is 0.481. The van der Waals surface area contributed by atoms with Gasteiger partial charge in [-0.1, -0.05) is 31.4 Å². The molecule has 0 aromatic heterocycles. The van der Waals surface area contributed by atoms with Crippen molar-refractivity contribution in [1.29, 1.82) is 0 Å². The summed E-state index contributed by atoms with van der Waals surface area (Å²) in [6.07, 6.45) is 19.4. The zero-order valence-electron chi connectivity index (χ0n) is 9.82. The SMILES string of the molecule is C1=CC=CNC=C1.O=C1CCCCCCC1. The Kier molecular flexibility index (Phi) is 7.14. The van der Waals surface area contributed by atoms with Gasteiger partial charge in [-0.15, -0.1) is 0 Å². The highest BCUT2D eigenvalue weighted by Crippen LogP contribution is 2.13. The minimum atomic E-state index is 0.481. The predicted octanol–water partition coefficient (Wildman–Crippen LogP) is 3.47. The number of nitrogens with one attached hydrogen (secondary N) is 1. The zero-order chi connectivity index (χ0) is 11.5. The van der Waals surface area contributed by atoms with Crippen molar-refractivity contribution in [2.75, 3.05) is 0 Å². The fourth-order valence-electron chi connectivity index (χ4n) is 1.71. The Morgan fingerprint density at radius 1 is 0.750 bits per heavy atom. The Morgan fingerprint density at radius 3 is 1.81 bits per heavy atom. The maximum atomic E-state index is 10.8. The van der Waals surface area contributed by atoms with E-state index >= 15 is 0 Å². The van der Waals surface area contributed by atoms with Crippen LogP contribution in [0.1, 0.15) is 44.9 Å². The Morgan fingerprint density at radius 2 is 1.25 bits per heavy atom. The van der Waals surface area contributed by atoms with Gasteiger partial charge in [-0.05, 0) is 25.0 Å². The van der Waals surface area contributed by atoms with Gasteiger partial charge in [0.1, 0.15) is 5.78 Å². The number of ketones is 1. The summed E-state index contributed by atoms with van der Waals surface area (Å²) in [6, 6.07) is 0. The van der Waals surface area contributed by atoms with E-state index in [1.807, 2.05) is 36.7 Å². The molecule has 1 saturated carbocycles. The molecule has 2 heteroatoms. The molecular formula is C14H21NO. The number of hydrogen-bond donors (Lipinski definition) is 1. The van der Waals surface area contributed by atoms with Gasteiger partial charge < -0.3 is 5.32 Å². The summed E-state index contributed by atoms with van der Waals surface area (Å²) in [7, 11) is 0. The van der Waals surface area contributed by atoms with Crippen LogP contribution in [-0.4, -0.2) is 5.78 Å². The van der Waals surface area contributed by atoms with Gasteiger partial charge in [0.2, 0.25) is 0 Å². The molecule has 0 amide bonds. The maximum absolute atomic E-state index is 10.8. The van der Waals surface area contributed by atoms with Gasteiger partial charge in [-0.2, -0.15) is 0 Å². The highest BCUT2D eigenvalue weighted by molar-refractivity contribution is 5.78. The average Bonchev–Trinajstić information content (AvgIpc) is 2.56. The van der Waals surface area contributed by atoms with Crippen molar-refractivity contribution in [3.05, 3.63) is 36.7 Å². The number of hydrogen-bond acceptors (Lipinski definition) is 2. The van der Waals surface area contributed by atoms with Crippen LogP contribution in [0.2, 0.25) is 0 Å². The van der Waals surface area contributed by atoms with Crippen LogP contribution in [0.3, 0.4) is 0 Å². The largest absolute Gasteiger partial charge is 0.368 e. The summed E-state index contributed by atoms with van der Waals surface area (Å²) in [6.45, 7) is 0. The quantitative estimate of drug-likeness (QED) is 0.676. The third-order valence-corrected chi connectivity index (χ3v) is 2.63. The molecule has 1 aliphatic carbocycles. The number of allylic oxidation sites excluding steroid dienone is 4. The third kappa shape index (κ3) is 7.04. The van der Waals surface area contributed by atoms with Gasteiger partial charge >= 0.3 is 0 Å². The zero-order valence-corrected chi connectivity index (χ0v) is 9.82. The molecule has 1 N–H and O–H groups in total. The summed E-state index contributed by atoms with van der Waals surface area (Å²) >= 11 is 0. The first-order valence-electron chi connectivity index (χ1n) is 6.16.